The summed E-state index contributed by atoms with van der Waals surface area (Å²) in [6.45, 7) is 2.74. The number of carbonyl (C=O) groups excluding carboxylic acids is 1. The normalized spacial score (nSPS) is 11.0. The molecule has 0 aliphatic rings. The lowest BCUT2D eigenvalue weighted by Gasteiger charge is -2.22. The molecular weight excluding hydrogens is 363 g/mol. The number of nitrogen functional groups attached to an aromatic ring is 1. The fraction of sp³-hybridized carbons (Fsp3) is 0.200. The summed E-state index contributed by atoms with van der Waals surface area (Å²) < 4.78 is 15.2. The molecule has 0 aliphatic carbocycles. The van der Waals surface area contributed by atoms with Gasteiger partial charge >= 0.3 is 0 Å². The molecule has 27 heavy (non-hydrogen) atoms. The van der Waals surface area contributed by atoms with E-state index in [-0.39, 0.29) is 11.5 Å². The number of nitrogens with zero attached hydrogens (tertiary/aromatic N) is 2. The summed E-state index contributed by atoms with van der Waals surface area (Å²) in [7, 11) is 1.50. The summed E-state index contributed by atoms with van der Waals surface area (Å²) in [5, 5.41) is 2.55. The first-order valence-electron chi connectivity index (χ1n) is 8.23. The van der Waals surface area contributed by atoms with Gasteiger partial charge in [-0.3, -0.25) is 4.79 Å². The Hall–Kier alpha value is -2.98. The van der Waals surface area contributed by atoms with Crippen LogP contribution in [0.25, 0.3) is 0 Å². The molecule has 2 aromatic carbocycles. The zero-order chi connectivity index (χ0) is 20.0. The molecule has 5 nitrogen and oxygen atoms in total. The molecule has 7 heteroatoms. The summed E-state index contributed by atoms with van der Waals surface area (Å²) >= 11 is 1.53. The highest BCUT2D eigenvalue weighted by atomic mass is 32.2. The second-order valence-electron chi connectivity index (χ2n) is 5.49. The van der Waals surface area contributed by atoms with E-state index in [1.54, 1.807) is 12.1 Å². The Morgan fingerprint density at radius 2 is 2.04 bits per heavy atom. The maximum Gasteiger partial charge on any atom is 0.270 e. The Morgan fingerprint density at radius 1 is 1.37 bits per heavy atom. The first-order chi connectivity index (χ1) is 12.9. The molecule has 0 radical (unpaired) electrons. The van der Waals surface area contributed by atoms with Crippen LogP contribution >= 0.6 is 11.9 Å². The van der Waals surface area contributed by atoms with Gasteiger partial charge in [0, 0.05) is 36.7 Å². The molecule has 0 saturated heterocycles. The largest absolute Gasteiger partial charge is 0.398 e. The van der Waals surface area contributed by atoms with Crippen LogP contribution < -0.4 is 15.4 Å². The third-order valence-electron chi connectivity index (χ3n) is 3.86. The van der Waals surface area contributed by atoms with E-state index in [1.165, 1.54) is 43.3 Å². The van der Waals surface area contributed by atoms with E-state index in [9.17, 15) is 9.18 Å². The van der Waals surface area contributed by atoms with Crippen molar-refractivity contribution in [2.75, 3.05) is 29.9 Å². The lowest BCUT2D eigenvalue weighted by Crippen LogP contribution is -2.29. The van der Waals surface area contributed by atoms with Crippen molar-refractivity contribution in [2.45, 2.75) is 6.92 Å². The molecule has 2 rings (SSSR count). The second kappa shape index (κ2) is 9.10. The van der Waals surface area contributed by atoms with Gasteiger partial charge in [0.15, 0.2) is 0 Å². The lowest BCUT2D eigenvalue weighted by atomic mass is 10.0. The second-order valence-corrected chi connectivity index (χ2v) is 6.30. The molecule has 0 fully saturated rings. The predicted molar refractivity (Wildman–Crippen MR) is 112 cm³/mol. The van der Waals surface area contributed by atoms with Gasteiger partial charge in [0.1, 0.15) is 11.5 Å². The van der Waals surface area contributed by atoms with Crippen LogP contribution in [0.15, 0.2) is 41.4 Å². The minimum Gasteiger partial charge on any atom is -0.398 e. The van der Waals surface area contributed by atoms with Crippen molar-refractivity contribution in [1.29, 1.82) is 0 Å². The number of anilines is 2. The van der Waals surface area contributed by atoms with Crippen LogP contribution in [0.4, 0.5) is 21.5 Å². The number of halogens is 1. The van der Waals surface area contributed by atoms with E-state index in [0.717, 1.165) is 12.2 Å². The van der Waals surface area contributed by atoms with Gasteiger partial charge in [-0.2, -0.15) is 0 Å². The number of rotatable bonds is 6. The highest BCUT2D eigenvalue weighted by molar-refractivity contribution is 7.99. The molecule has 3 N–H and O–H groups in total. The Labute approximate surface area is 163 Å². The number of carbonyl (C=O) groups is 1. The molecule has 0 saturated carbocycles. The van der Waals surface area contributed by atoms with Crippen LogP contribution in [0.5, 0.6) is 0 Å². The van der Waals surface area contributed by atoms with Crippen LogP contribution in [0.1, 0.15) is 18.1 Å². The van der Waals surface area contributed by atoms with E-state index < -0.39 is 5.91 Å². The number of nitrogens with one attached hydrogen (secondary N) is 1. The summed E-state index contributed by atoms with van der Waals surface area (Å²) in [5.41, 5.74) is 8.98. The van der Waals surface area contributed by atoms with Crippen LogP contribution in [-0.2, 0) is 4.79 Å². The first-order valence-corrected chi connectivity index (χ1v) is 9.41. The predicted octanol–water partition coefficient (Wildman–Crippen LogP) is 3.36. The van der Waals surface area contributed by atoms with Crippen molar-refractivity contribution in [1.82, 2.24) is 5.32 Å². The minimum absolute atomic E-state index is 0.108. The SMILES string of the molecule is C#Cc1cc(C(=Nc2ccc(F)cc2)C(=O)NC)c(N)cc1N(CC)SC. The maximum absolute atomic E-state index is 13.1. The van der Waals surface area contributed by atoms with Gasteiger partial charge in [-0.15, -0.1) is 6.42 Å². The third-order valence-corrected chi connectivity index (χ3v) is 4.76. The fourth-order valence-electron chi connectivity index (χ4n) is 2.53. The summed E-state index contributed by atoms with van der Waals surface area (Å²) in [6.07, 6.45) is 7.63. The van der Waals surface area contributed by atoms with Gasteiger partial charge in [-0.25, -0.2) is 9.38 Å². The molecule has 0 spiro atoms. The molecule has 1 amide bonds. The minimum atomic E-state index is -0.418. The molecule has 0 bridgehead atoms. The number of nitrogens with two attached hydrogens (primary N) is 1. The van der Waals surface area contributed by atoms with Crippen molar-refractivity contribution in [3.05, 3.63) is 53.3 Å². The lowest BCUT2D eigenvalue weighted by molar-refractivity contribution is -0.114. The monoisotopic (exact) mass is 384 g/mol. The number of amides is 1. The third kappa shape index (κ3) is 4.60. The van der Waals surface area contributed by atoms with Gasteiger partial charge in [-0.05, 0) is 43.3 Å². The Morgan fingerprint density at radius 3 is 2.56 bits per heavy atom. The Bertz CT molecular complexity index is 899. The molecule has 0 heterocycles. The van der Waals surface area contributed by atoms with Crippen LogP contribution in [0.2, 0.25) is 0 Å². The molecule has 0 aromatic heterocycles. The quantitative estimate of drug-likeness (QED) is 0.347. The highest BCUT2D eigenvalue weighted by Crippen LogP contribution is 2.30. The number of hydrogen-bond acceptors (Lipinski definition) is 5. The van der Waals surface area contributed by atoms with E-state index in [1.807, 2.05) is 17.5 Å². The van der Waals surface area contributed by atoms with E-state index >= 15 is 0 Å². The average Bonchev–Trinajstić information content (AvgIpc) is 2.68. The molecule has 0 aliphatic heterocycles. The van der Waals surface area contributed by atoms with E-state index in [4.69, 9.17) is 12.2 Å². The van der Waals surface area contributed by atoms with Crippen LogP contribution in [0.3, 0.4) is 0 Å². The van der Waals surface area contributed by atoms with Gasteiger partial charge in [0.25, 0.3) is 5.91 Å². The van der Waals surface area contributed by atoms with Gasteiger partial charge in [0.2, 0.25) is 0 Å². The summed E-state index contributed by atoms with van der Waals surface area (Å²) in [4.78, 5) is 16.8. The smallest absolute Gasteiger partial charge is 0.270 e. The fourth-order valence-corrected chi connectivity index (χ4v) is 3.13. The van der Waals surface area contributed by atoms with Gasteiger partial charge in [-0.1, -0.05) is 17.9 Å². The van der Waals surface area contributed by atoms with Crippen LogP contribution in [0, 0.1) is 18.2 Å². The van der Waals surface area contributed by atoms with Crippen molar-refractivity contribution < 1.29 is 9.18 Å². The number of terminal acetylenes is 1. The summed E-state index contributed by atoms with van der Waals surface area (Å²) in [5.74, 6) is 1.85. The number of benzene rings is 2. The zero-order valence-corrected chi connectivity index (χ0v) is 16.2. The Balaban J connectivity index is 2.64. The molecule has 0 unspecified atom stereocenters. The van der Waals surface area contributed by atoms with Crippen molar-refractivity contribution in [2.24, 2.45) is 4.99 Å². The first kappa shape index (κ1) is 20.3. The van der Waals surface area contributed by atoms with Gasteiger partial charge < -0.3 is 15.4 Å². The topological polar surface area (TPSA) is 70.7 Å². The van der Waals surface area contributed by atoms with E-state index in [2.05, 4.69) is 16.2 Å². The maximum atomic E-state index is 13.1. The number of likely N-dealkylation sites (N-methyl/N-ethyl adjacent to an activating group) is 1. The van der Waals surface area contributed by atoms with Crippen LogP contribution in [-0.4, -0.2) is 31.5 Å². The van der Waals surface area contributed by atoms with E-state index in [0.29, 0.717) is 22.5 Å². The standard InChI is InChI=1S/C20H21FN4OS/c1-5-13-11-16(17(22)12-18(13)25(6-2)27-4)19(20(26)23-3)24-15-9-7-14(21)8-10-15/h1,7-12H,6,22H2,2-4H3,(H,23,26). The van der Waals surface area contributed by atoms with Crippen molar-refractivity contribution in [3.8, 4) is 12.3 Å². The van der Waals surface area contributed by atoms with Crippen molar-refractivity contribution >= 4 is 40.6 Å². The van der Waals surface area contributed by atoms with Crippen molar-refractivity contribution in [3.63, 3.8) is 0 Å². The van der Waals surface area contributed by atoms with Gasteiger partial charge in [0.05, 0.1) is 11.4 Å². The molecule has 2 aromatic rings. The molecule has 140 valence electrons. The zero-order valence-electron chi connectivity index (χ0n) is 15.4. The number of aliphatic imine (C=N–C) groups is 1. The highest BCUT2D eigenvalue weighted by Gasteiger charge is 2.19. The average molecular weight is 384 g/mol. The molecule has 0 atom stereocenters. The Kier molecular flexibility index (Phi) is 6.85. The number of hydrogen-bond donors (Lipinski definition) is 2. The summed E-state index contributed by atoms with van der Waals surface area (Å²) in [6, 6.07) is 8.94. The molecular formula is C20H21FN4OS.